The minimum Gasteiger partial charge on any atom is -0.366 e. The van der Waals surface area contributed by atoms with Crippen LogP contribution < -0.4 is 5.32 Å². The van der Waals surface area contributed by atoms with E-state index in [1.165, 1.54) is 12.1 Å². The molecular weight excluding hydrogens is 314 g/mol. The zero-order valence-corrected chi connectivity index (χ0v) is 11.9. The number of benzene rings is 1. The van der Waals surface area contributed by atoms with Gasteiger partial charge in [0.05, 0.1) is 5.69 Å². The highest BCUT2D eigenvalue weighted by molar-refractivity contribution is 9.10. The lowest BCUT2D eigenvalue weighted by atomic mass is 10.1. The first-order chi connectivity index (χ1) is 9.06. The lowest BCUT2D eigenvalue weighted by molar-refractivity contribution is 0.151. The maximum atomic E-state index is 12.4. The topological polar surface area (TPSA) is 24.9 Å². The molecule has 0 aliphatic rings. The third kappa shape index (κ3) is 3.73. The van der Waals surface area contributed by atoms with E-state index in [1.54, 1.807) is 12.1 Å². The summed E-state index contributed by atoms with van der Waals surface area (Å²) in [6.07, 6.45) is -2.42. The Kier molecular flexibility index (Phi) is 4.47. The van der Waals surface area contributed by atoms with E-state index in [0.29, 0.717) is 6.54 Å². The van der Waals surface area contributed by atoms with Gasteiger partial charge in [-0.1, -0.05) is 24.3 Å². The maximum absolute atomic E-state index is 12.4. The number of rotatable bonds is 4. The molecule has 0 saturated heterocycles. The van der Waals surface area contributed by atoms with Crippen LogP contribution in [0, 0.1) is 6.92 Å². The highest BCUT2D eigenvalue weighted by Crippen LogP contribution is 2.20. The number of hydrogen-bond donors (Lipinski definition) is 1. The Balaban J connectivity index is 2.00. The Bertz CT molecular complexity index is 556. The maximum Gasteiger partial charge on any atom is 0.263 e. The van der Waals surface area contributed by atoms with Crippen LogP contribution in [0.25, 0.3) is 0 Å². The monoisotopic (exact) mass is 326 g/mol. The van der Waals surface area contributed by atoms with E-state index < -0.39 is 6.43 Å². The first kappa shape index (κ1) is 13.9. The SMILES string of the molecule is Cc1nc(NCc2ccc(C(F)F)cc2)ccc1Br. The molecule has 0 saturated carbocycles. The molecule has 19 heavy (non-hydrogen) atoms. The van der Waals surface area contributed by atoms with Gasteiger partial charge in [-0.25, -0.2) is 13.8 Å². The van der Waals surface area contributed by atoms with Gasteiger partial charge in [0.1, 0.15) is 5.82 Å². The quantitative estimate of drug-likeness (QED) is 0.880. The van der Waals surface area contributed by atoms with Gasteiger partial charge in [-0.05, 0) is 40.5 Å². The van der Waals surface area contributed by atoms with Crippen LogP contribution in [0.4, 0.5) is 14.6 Å². The number of hydrogen-bond acceptors (Lipinski definition) is 2. The number of alkyl halides is 2. The number of aryl methyl sites for hydroxylation is 1. The summed E-state index contributed by atoms with van der Waals surface area (Å²) in [5, 5.41) is 3.16. The number of nitrogens with zero attached hydrogens (tertiary/aromatic N) is 1. The molecule has 0 fully saturated rings. The van der Waals surface area contributed by atoms with Crippen LogP contribution in [0.15, 0.2) is 40.9 Å². The summed E-state index contributed by atoms with van der Waals surface area (Å²) in [6, 6.07) is 10.1. The summed E-state index contributed by atoms with van der Waals surface area (Å²) < 4.78 is 25.8. The molecule has 1 aromatic heterocycles. The molecule has 0 amide bonds. The van der Waals surface area contributed by atoms with Gasteiger partial charge in [-0.15, -0.1) is 0 Å². The van der Waals surface area contributed by atoms with Crippen molar-refractivity contribution in [2.75, 3.05) is 5.32 Å². The first-order valence-electron chi connectivity index (χ1n) is 5.80. The molecule has 0 aliphatic heterocycles. The van der Waals surface area contributed by atoms with Crippen LogP contribution in [0.5, 0.6) is 0 Å². The highest BCUT2D eigenvalue weighted by atomic mass is 79.9. The van der Waals surface area contributed by atoms with Crippen LogP contribution in [-0.4, -0.2) is 4.98 Å². The van der Waals surface area contributed by atoms with Crippen molar-refractivity contribution in [2.45, 2.75) is 19.9 Å². The highest BCUT2D eigenvalue weighted by Gasteiger charge is 2.05. The van der Waals surface area contributed by atoms with Crippen molar-refractivity contribution >= 4 is 21.7 Å². The van der Waals surface area contributed by atoms with Gasteiger partial charge in [-0.2, -0.15) is 0 Å². The van der Waals surface area contributed by atoms with E-state index in [0.717, 1.165) is 21.5 Å². The lowest BCUT2D eigenvalue weighted by Crippen LogP contribution is -2.02. The average molecular weight is 327 g/mol. The number of pyridine rings is 1. The Morgan fingerprint density at radius 1 is 1.16 bits per heavy atom. The summed E-state index contributed by atoms with van der Waals surface area (Å²) in [7, 11) is 0. The lowest BCUT2D eigenvalue weighted by Gasteiger charge is -2.08. The smallest absolute Gasteiger partial charge is 0.263 e. The Hall–Kier alpha value is -1.49. The minimum atomic E-state index is -2.42. The largest absolute Gasteiger partial charge is 0.366 e. The van der Waals surface area contributed by atoms with Gasteiger partial charge in [0.2, 0.25) is 0 Å². The second-order valence-corrected chi connectivity index (χ2v) is 5.01. The van der Waals surface area contributed by atoms with Crippen LogP contribution in [0.2, 0.25) is 0 Å². The van der Waals surface area contributed by atoms with Gasteiger partial charge in [0, 0.05) is 16.6 Å². The van der Waals surface area contributed by atoms with Crippen LogP contribution in [0.3, 0.4) is 0 Å². The molecule has 0 radical (unpaired) electrons. The molecule has 0 spiro atoms. The number of halogens is 3. The van der Waals surface area contributed by atoms with Gasteiger partial charge < -0.3 is 5.32 Å². The van der Waals surface area contributed by atoms with Gasteiger partial charge in [-0.3, -0.25) is 0 Å². The fourth-order valence-corrected chi connectivity index (χ4v) is 1.84. The van der Waals surface area contributed by atoms with Gasteiger partial charge in [0.25, 0.3) is 6.43 Å². The van der Waals surface area contributed by atoms with E-state index in [2.05, 4.69) is 26.2 Å². The van der Waals surface area contributed by atoms with Crippen molar-refractivity contribution in [3.05, 3.63) is 57.7 Å². The molecule has 100 valence electrons. The summed E-state index contributed by atoms with van der Waals surface area (Å²) in [5.41, 5.74) is 1.88. The van der Waals surface area contributed by atoms with Crippen molar-refractivity contribution in [2.24, 2.45) is 0 Å². The fourth-order valence-electron chi connectivity index (χ4n) is 1.62. The normalized spacial score (nSPS) is 10.8. The average Bonchev–Trinajstić information content (AvgIpc) is 2.40. The second kappa shape index (κ2) is 6.10. The standard InChI is InChI=1S/C14H13BrF2N2/c1-9-12(15)6-7-13(19-9)18-8-10-2-4-11(5-3-10)14(16)17/h2-7,14H,8H2,1H3,(H,18,19). The van der Waals surface area contributed by atoms with Crippen molar-refractivity contribution < 1.29 is 8.78 Å². The molecule has 1 heterocycles. The number of anilines is 1. The molecule has 1 N–H and O–H groups in total. The zero-order chi connectivity index (χ0) is 13.8. The number of nitrogens with one attached hydrogen (secondary N) is 1. The molecule has 2 aromatic rings. The third-order valence-electron chi connectivity index (χ3n) is 2.73. The predicted molar refractivity (Wildman–Crippen MR) is 75.4 cm³/mol. The molecule has 0 bridgehead atoms. The molecule has 2 rings (SSSR count). The van der Waals surface area contributed by atoms with E-state index in [1.807, 2.05) is 19.1 Å². The minimum absolute atomic E-state index is 0.0429. The zero-order valence-electron chi connectivity index (χ0n) is 10.3. The fraction of sp³-hybridized carbons (Fsp3) is 0.214. The molecule has 2 nitrogen and oxygen atoms in total. The first-order valence-corrected chi connectivity index (χ1v) is 6.59. The van der Waals surface area contributed by atoms with E-state index in [9.17, 15) is 8.78 Å². The van der Waals surface area contributed by atoms with Crippen molar-refractivity contribution in [3.8, 4) is 0 Å². The Morgan fingerprint density at radius 3 is 2.42 bits per heavy atom. The molecule has 0 aliphatic carbocycles. The number of aromatic nitrogens is 1. The van der Waals surface area contributed by atoms with E-state index in [-0.39, 0.29) is 5.56 Å². The summed E-state index contributed by atoms with van der Waals surface area (Å²) in [6.45, 7) is 2.46. The van der Waals surface area contributed by atoms with E-state index >= 15 is 0 Å². The second-order valence-electron chi connectivity index (χ2n) is 4.16. The van der Waals surface area contributed by atoms with Crippen molar-refractivity contribution in [1.29, 1.82) is 0 Å². The van der Waals surface area contributed by atoms with Crippen molar-refractivity contribution in [3.63, 3.8) is 0 Å². The van der Waals surface area contributed by atoms with Crippen LogP contribution in [-0.2, 0) is 6.54 Å². The molecule has 0 atom stereocenters. The van der Waals surface area contributed by atoms with Gasteiger partial charge in [0.15, 0.2) is 0 Å². The van der Waals surface area contributed by atoms with Crippen LogP contribution in [0.1, 0.15) is 23.2 Å². The summed E-state index contributed by atoms with van der Waals surface area (Å²) >= 11 is 3.39. The van der Waals surface area contributed by atoms with Gasteiger partial charge >= 0.3 is 0 Å². The molecule has 0 unspecified atom stereocenters. The van der Waals surface area contributed by atoms with E-state index in [4.69, 9.17) is 0 Å². The summed E-state index contributed by atoms with van der Waals surface area (Å²) in [5.74, 6) is 0.763. The van der Waals surface area contributed by atoms with Crippen molar-refractivity contribution in [1.82, 2.24) is 4.98 Å². The third-order valence-corrected chi connectivity index (χ3v) is 3.56. The molecule has 1 aromatic carbocycles. The Labute approximate surface area is 119 Å². The molecular formula is C14H13BrF2N2. The Morgan fingerprint density at radius 2 is 1.84 bits per heavy atom. The summed E-state index contributed by atoms with van der Waals surface area (Å²) in [4.78, 5) is 4.36. The van der Waals surface area contributed by atoms with Crippen LogP contribution >= 0.6 is 15.9 Å². The predicted octanol–water partition coefficient (Wildman–Crippen LogP) is 4.70. The molecule has 5 heteroatoms.